The molecule has 54 valence electrons. The maximum atomic E-state index is 4.26. The third-order valence-corrected chi connectivity index (χ3v) is 1.16. The van der Waals surface area contributed by atoms with Gasteiger partial charge in [-0.3, -0.25) is 0 Å². The topological polar surface area (TPSA) is 15.6 Å². The van der Waals surface area contributed by atoms with E-state index in [0.29, 0.717) is 0 Å². The molecule has 0 aliphatic heterocycles. The molecule has 2 heteroatoms. The molecular formula is C7H16N2. The van der Waals surface area contributed by atoms with Crippen molar-refractivity contribution in [1.29, 1.82) is 0 Å². The Morgan fingerprint density at radius 2 is 1.67 bits per heavy atom. The molecule has 0 fully saturated rings. The van der Waals surface area contributed by atoms with Crippen LogP contribution in [0.25, 0.3) is 0 Å². The van der Waals surface area contributed by atoms with Crippen LogP contribution < -0.4 is 0 Å². The van der Waals surface area contributed by atoms with Gasteiger partial charge in [0, 0.05) is 19.8 Å². The summed E-state index contributed by atoms with van der Waals surface area (Å²) in [5.41, 5.74) is 1.26. The van der Waals surface area contributed by atoms with Gasteiger partial charge in [0.1, 0.15) is 0 Å². The minimum Gasteiger partial charge on any atom is -0.303 e. The fourth-order valence-corrected chi connectivity index (χ4v) is 0.674. The second-order valence-electron chi connectivity index (χ2n) is 2.22. The highest BCUT2D eigenvalue weighted by molar-refractivity contribution is 5.83. The standard InChI is InChI=1S/C7H16N2/c1-5-7(6-2)8-9(3)4/h5-6H2,1-4H3. The molecule has 0 aliphatic carbocycles. The van der Waals surface area contributed by atoms with E-state index >= 15 is 0 Å². The summed E-state index contributed by atoms with van der Waals surface area (Å²) >= 11 is 0. The fourth-order valence-electron chi connectivity index (χ4n) is 0.674. The minimum atomic E-state index is 1.06. The largest absolute Gasteiger partial charge is 0.303 e. The average Bonchev–Trinajstić information content (AvgIpc) is 1.82. The maximum absolute atomic E-state index is 4.26. The van der Waals surface area contributed by atoms with Crippen LogP contribution in [0.2, 0.25) is 0 Å². The highest BCUT2D eigenvalue weighted by Gasteiger charge is 1.90. The van der Waals surface area contributed by atoms with E-state index in [1.165, 1.54) is 5.71 Å². The number of nitrogens with zero attached hydrogens (tertiary/aromatic N) is 2. The molecular weight excluding hydrogens is 112 g/mol. The normalized spacial score (nSPS) is 8.89. The molecule has 0 rings (SSSR count). The van der Waals surface area contributed by atoms with Gasteiger partial charge in [0.2, 0.25) is 0 Å². The van der Waals surface area contributed by atoms with E-state index in [0.717, 1.165) is 12.8 Å². The monoisotopic (exact) mass is 128 g/mol. The molecule has 0 atom stereocenters. The van der Waals surface area contributed by atoms with Crippen molar-refractivity contribution >= 4 is 5.71 Å². The van der Waals surface area contributed by atoms with Crippen molar-refractivity contribution in [2.24, 2.45) is 5.10 Å². The second kappa shape index (κ2) is 4.36. The molecule has 0 N–H and O–H groups in total. The van der Waals surface area contributed by atoms with Crippen LogP contribution >= 0.6 is 0 Å². The molecule has 0 aromatic carbocycles. The van der Waals surface area contributed by atoms with Crippen LogP contribution in [0.1, 0.15) is 26.7 Å². The molecule has 0 radical (unpaired) electrons. The Morgan fingerprint density at radius 1 is 1.22 bits per heavy atom. The van der Waals surface area contributed by atoms with Gasteiger partial charge in [0.05, 0.1) is 0 Å². The zero-order chi connectivity index (χ0) is 7.28. The molecule has 0 aliphatic rings. The summed E-state index contributed by atoms with van der Waals surface area (Å²) in [7, 11) is 3.90. The van der Waals surface area contributed by atoms with Crippen LogP contribution in [-0.4, -0.2) is 24.8 Å². The molecule has 0 saturated heterocycles. The van der Waals surface area contributed by atoms with Crippen LogP contribution in [0.15, 0.2) is 5.10 Å². The van der Waals surface area contributed by atoms with Crippen molar-refractivity contribution in [3.05, 3.63) is 0 Å². The lowest BCUT2D eigenvalue weighted by Crippen LogP contribution is -2.07. The first-order chi connectivity index (χ1) is 4.20. The number of hydrazone groups is 1. The molecule has 0 aromatic rings. The minimum absolute atomic E-state index is 1.06. The zero-order valence-corrected chi connectivity index (χ0v) is 6.81. The predicted molar refractivity (Wildman–Crippen MR) is 41.7 cm³/mol. The summed E-state index contributed by atoms with van der Waals surface area (Å²) in [5, 5.41) is 6.11. The first-order valence-corrected chi connectivity index (χ1v) is 3.44. The zero-order valence-electron chi connectivity index (χ0n) is 6.81. The highest BCUT2D eigenvalue weighted by Crippen LogP contribution is 1.92. The number of hydrogen-bond acceptors (Lipinski definition) is 2. The van der Waals surface area contributed by atoms with E-state index in [1.807, 2.05) is 19.1 Å². The van der Waals surface area contributed by atoms with Gasteiger partial charge in [-0.05, 0) is 12.8 Å². The van der Waals surface area contributed by atoms with Crippen molar-refractivity contribution in [3.8, 4) is 0 Å². The SMILES string of the molecule is CCC(CC)=NN(C)C. The Balaban J connectivity index is 3.75. The van der Waals surface area contributed by atoms with Crippen LogP contribution in [0.3, 0.4) is 0 Å². The van der Waals surface area contributed by atoms with E-state index in [2.05, 4.69) is 18.9 Å². The first kappa shape index (κ1) is 8.47. The van der Waals surface area contributed by atoms with Crippen LogP contribution in [-0.2, 0) is 0 Å². The van der Waals surface area contributed by atoms with Crippen molar-refractivity contribution in [2.75, 3.05) is 14.1 Å². The summed E-state index contributed by atoms with van der Waals surface area (Å²) in [6, 6.07) is 0. The van der Waals surface area contributed by atoms with Crippen molar-refractivity contribution in [2.45, 2.75) is 26.7 Å². The summed E-state index contributed by atoms with van der Waals surface area (Å²) in [6.45, 7) is 4.26. The van der Waals surface area contributed by atoms with E-state index < -0.39 is 0 Å². The van der Waals surface area contributed by atoms with E-state index in [9.17, 15) is 0 Å². The molecule has 0 spiro atoms. The fraction of sp³-hybridized carbons (Fsp3) is 0.857. The summed E-state index contributed by atoms with van der Waals surface area (Å²) in [6.07, 6.45) is 2.13. The Labute approximate surface area is 57.6 Å². The Morgan fingerprint density at radius 3 is 1.78 bits per heavy atom. The van der Waals surface area contributed by atoms with Gasteiger partial charge in [0.15, 0.2) is 0 Å². The van der Waals surface area contributed by atoms with Crippen molar-refractivity contribution in [1.82, 2.24) is 5.01 Å². The van der Waals surface area contributed by atoms with Gasteiger partial charge in [-0.15, -0.1) is 0 Å². The Bertz CT molecular complexity index is 89.1. The third kappa shape index (κ3) is 4.01. The van der Waals surface area contributed by atoms with Crippen LogP contribution in [0, 0.1) is 0 Å². The smallest absolute Gasteiger partial charge is 0.0375 e. The Hall–Kier alpha value is -0.530. The third-order valence-electron chi connectivity index (χ3n) is 1.16. The number of hydrogen-bond donors (Lipinski definition) is 0. The average molecular weight is 128 g/mol. The first-order valence-electron chi connectivity index (χ1n) is 3.44. The predicted octanol–water partition coefficient (Wildman–Crippen LogP) is 1.72. The molecule has 0 bridgehead atoms. The summed E-state index contributed by atoms with van der Waals surface area (Å²) < 4.78 is 0. The van der Waals surface area contributed by atoms with E-state index in [1.54, 1.807) is 0 Å². The van der Waals surface area contributed by atoms with Crippen molar-refractivity contribution in [3.63, 3.8) is 0 Å². The lowest BCUT2D eigenvalue weighted by molar-refractivity contribution is 0.435. The molecule has 0 saturated carbocycles. The maximum Gasteiger partial charge on any atom is 0.0375 e. The molecule has 0 amide bonds. The second-order valence-corrected chi connectivity index (χ2v) is 2.22. The molecule has 2 nitrogen and oxygen atoms in total. The molecule has 9 heavy (non-hydrogen) atoms. The Kier molecular flexibility index (Phi) is 4.10. The van der Waals surface area contributed by atoms with Crippen LogP contribution in [0.4, 0.5) is 0 Å². The van der Waals surface area contributed by atoms with Gasteiger partial charge < -0.3 is 5.01 Å². The molecule has 0 unspecified atom stereocenters. The lowest BCUT2D eigenvalue weighted by atomic mass is 10.2. The van der Waals surface area contributed by atoms with Crippen LogP contribution in [0.5, 0.6) is 0 Å². The van der Waals surface area contributed by atoms with Gasteiger partial charge in [-0.2, -0.15) is 5.10 Å². The molecule has 0 heterocycles. The van der Waals surface area contributed by atoms with E-state index in [4.69, 9.17) is 0 Å². The van der Waals surface area contributed by atoms with Gasteiger partial charge in [-0.1, -0.05) is 13.8 Å². The number of rotatable bonds is 3. The highest BCUT2D eigenvalue weighted by atomic mass is 15.4. The van der Waals surface area contributed by atoms with Gasteiger partial charge >= 0.3 is 0 Å². The van der Waals surface area contributed by atoms with E-state index in [-0.39, 0.29) is 0 Å². The summed E-state index contributed by atoms with van der Waals surface area (Å²) in [5.74, 6) is 0. The van der Waals surface area contributed by atoms with Gasteiger partial charge in [0.25, 0.3) is 0 Å². The van der Waals surface area contributed by atoms with Gasteiger partial charge in [-0.25, -0.2) is 0 Å². The summed E-state index contributed by atoms with van der Waals surface area (Å²) in [4.78, 5) is 0. The quantitative estimate of drug-likeness (QED) is 0.417. The molecule has 0 aromatic heterocycles. The van der Waals surface area contributed by atoms with Crippen molar-refractivity contribution < 1.29 is 0 Å². The lowest BCUT2D eigenvalue weighted by Gasteiger charge is -2.06.